The first-order valence-electron chi connectivity index (χ1n) is 6.45. The van der Waals surface area contributed by atoms with Gasteiger partial charge in [0.15, 0.2) is 0 Å². The Hall–Kier alpha value is -2.89. The molecule has 0 radical (unpaired) electrons. The summed E-state index contributed by atoms with van der Waals surface area (Å²) in [6, 6.07) is 9.36. The van der Waals surface area contributed by atoms with Crippen LogP contribution in [0, 0.1) is 5.82 Å². The molecule has 0 aliphatic carbocycles. The Kier molecular flexibility index (Phi) is 4.73. The maximum Gasteiger partial charge on any atom is 0.378 e. The lowest BCUT2D eigenvalue weighted by molar-refractivity contribution is -0.149. The fourth-order valence-electron chi connectivity index (χ4n) is 1.88. The number of halogens is 1. The third kappa shape index (κ3) is 3.82. The second-order valence-electron chi connectivity index (χ2n) is 4.59. The third-order valence-electron chi connectivity index (χ3n) is 2.98. The first-order valence-corrected chi connectivity index (χ1v) is 6.45. The molecule has 2 aromatic rings. The zero-order valence-corrected chi connectivity index (χ0v) is 11.8. The highest BCUT2D eigenvalue weighted by atomic mass is 19.1. The normalized spacial score (nSPS) is 11.3. The van der Waals surface area contributed by atoms with Crippen molar-refractivity contribution in [2.45, 2.75) is 6.42 Å². The van der Waals surface area contributed by atoms with E-state index >= 15 is 0 Å². The Bertz CT molecular complexity index is 716. The van der Waals surface area contributed by atoms with Crippen LogP contribution >= 0.6 is 0 Å². The number of hydrogen-bond acceptors (Lipinski definition) is 4. The summed E-state index contributed by atoms with van der Waals surface area (Å²) in [5, 5.41) is 9.80. The van der Waals surface area contributed by atoms with Crippen LogP contribution in [-0.2, 0) is 20.7 Å². The molecule has 1 aromatic heterocycles. The van der Waals surface area contributed by atoms with E-state index in [-0.39, 0.29) is 11.6 Å². The summed E-state index contributed by atoms with van der Waals surface area (Å²) >= 11 is 0. The second kappa shape index (κ2) is 6.71. The van der Waals surface area contributed by atoms with Gasteiger partial charge in [0.2, 0.25) is 0 Å². The zero-order chi connectivity index (χ0) is 16.1. The Morgan fingerprint density at radius 3 is 2.55 bits per heavy atom. The number of carbonyl (C=O) groups excluding carboxylic acids is 2. The number of aliphatic hydroxyl groups excluding tert-OH is 1. The largest absolute Gasteiger partial charge is 0.506 e. The molecular weight excluding hydrogens is 289 g/mol. The summed E-state index contributed by atoms with van der Waals surface area (Å²) in [7, 11) is 1.08. The molecule has 2 N–H and O–H groups in total. The highest BCUT2D eigenvalue weighted by molar-refractivity contribution is 6.39. The van der Waals surface area contributed by atoms with Gasteiger partial charge in [-0.05, 0) is 29.8 Å². The van der Waals surface area contributed by atoms with Crippen molar-refractivity contribution in [1.82, 2.24) is 4.98 Å². The summed E-state index contributed by atoms with van der Waals surface area (Å²) in [6.07, 6.45) is 1.30. The van der Waals surface area contributed by atoms with Crippen LogP contribution in [-0.4, -0.2) is 29.0 Å². The van der Waals surface area contributed by atoms with Gasteiger partial charge in [-0.25, -0.2) is 9.18 Å². The minimum absolute atomic E-state index is 0.300. The maximum atomic E-state index is 12.8. The quantitative estimate of drug-likeness (QED) is 0.385. The molecule has 1 aromatic carbocycles. The molecule has 0 unspecified atom stereocenters. The van der Waals surface area contributed by atoms with E-state index < -0.39 is 11.8 Å². The number of ether oxygens (including phenoxy) is 1. The topological polar surface area (TPSA) is 79.4 Å². The molecule has 114 valence electrons. The molecule has 0 amide bonds. The number of aliphatic hydroxyl groups is 1. The van der Waals surface area contributed by atoms with E-state index in [9.17, 15) is 19.1 Å². The van der Waals surface area contributed by atoms with Gasteiger partial charge in [0.1, 0.15) is 11.6 Å². The minimum Gasteiger partial charge on any atom is -0.506 e. The number of H-pyrrole nitrogens is 1. The van der Waals surface area contributed by atoms with Crippen LogP contribution < -0.4 is 0 Å². The average molecular weight is 303 g/mol. The van der Waals surface area contributed by atoms with Gasteiger partial charge in [-0.15, -0.1) is 0 Å². The Balaban J connectivity index is 2.10. The zero-order valence-electron chi connectivity index (χ0n) is 11.8. The number of aromatic amines is 1. The van der Waals surface area contributed by atoms with Crippen LogP contribution in [0.4, 0.5) is 4.39 Å². The first kappa shape index (κ1) is 15.5. The average Bonchev–Trinajstić information content (AvgIpc) is 2.97. The van der Waals surface area contributed by atoms with E-state index in [0.717, 1.165) is 24.4 Å². The van der Waals surface area contributed by atoms with E-state index in [0.29, 0.717) is 12.1 Å². The molecule has 0 bridgehead atoms. The molecule has 6 heteroatoms. The minimum atomic E-state index is -1.05. The molecule has 0 saturated carbocycles. The number of carbonyl (C=O) groups is 2. The molecule has 0 spiro atoms. The number of hydrogen-bond donors (Lipinski definition) is 2. The Morgan fingerprint density at radius 2 is 1.91 bits per heavy atom. The Labute approximate surface area is 126 Å². The lowest BCUT2D eigenvalue weighted by Crippen LogP contribution is -2.13. The summed E-state index contributed by atoms with van der Waals surface area (Å²) in [6.45, 7) is 0. The number of nitrogens with one attached hydrogen (secondary N) is 1. The molecule has 22 heavy (non-hydrogen) atoms. The van der Waals surface area contributed by atoms with E-state index in [4.69, 9.17) is 0 Å². The molecule has 0 aliphatic rings. The van der Waals surface area contributed by atoms with Crippen molar-refractivity contribution in [2.24, 2.45) is 0 Å². The molecule has 0 atom stereocenters. The van der Waals surface area contributed by atoms with E-state index in [1.165, 1.54) is 12.1 Å². The van der Waals surface area contributed by atoms with Crippen LogP contribution in [0.1, 0.15) is 17.0 Å². The smallest absolute Gasteiger partial charge is 0.378 e. The van der Waals surface area contributed by atoms with Gasteiger partial charge < -0.3 is 14.8 Å². The van der Waals surface area contributed by atoms with Crippen LogP contribution in [0.5, 0.6) is 0 Å². The number of rotatable bonds is 5. The van der Waals surface area contributed by atoms with Crippen LogP contribution in [0.15, 0.2) is 42.5 Å². The van der Waals surface area contributed by atoms with Gasteiger partial charge in [0, 0.05) is 18.2 Å². The van der Waals surface area contributed by atoms with Gasteiger partial charge in [-0.1, -0.05) is 12.1 Å². The number of methoxy groups -OCH3 is 1. The van der Waals surface area contributed by atoms with Crippen molar-refractivity contribution in [3.05, 3.63) is 65.2 Å². The monoisotopic (exact) mass is 303 g/mol. The van der Waals surface area contributed by atoms with Crippen molar-refractivity contribution in [3.8, 4) is 0 Å². The molecule has 0 fully saturated rings. The Morgan fingerprint density at radius 1 is 1.23 bits per heavy atom. The molecule has 0 aliphatic heterocycles. The third-order valence-corrected chi connectivity index (χ3v) is 2.98. The lowest BCUT2D eigenvalue weighted by atomic mass is 10.1. The lowest BCUT2D eigenvalue weighted by Gasteiger charge is -2.00. The van der Waals surface area contributed by atoms with Crippen LogP contribution in [0.25, 0.3) is 5.76 Å². The van der Waals surface area contributed by atoms with Gasteiger partial charge in [-0.3, -0.25) is 4.79 Å². The van der Waals surface area contributed by atoms with Gasteiger partial charge in [-0.2, -0.15) is 0 Å². The number of ketones is 1. The van der Waals surface area contributed by atoms with Gasteiger partial charge in [0.05, 0.1) is 12.8 Å². The summed E-state index contributed by atoms with van der Waals surface area (Å²) in [4.78, 5) is 25.2. The van der Waals surface area contributed by atoms with Crippen LogP contribution in [0.3, 0.4) is 0 Å². The summed E-state index contributed by atoms with van der Waals surface area (Å²) in [5.41, 5.74) is 1.96. The number of esters is 1. The molecular formula is C16H14FNO4. The SMILES string of the molecule is COC(=O)C(=O)C=C(O)c1ccc(Cc2ccc(F)cc2)[nH]1. The number of benzene rings is 1. The van der Waals surface area contributed by atoms with Crippen LogP contribution in [0.2, 0.25) is 0 Å². The maximum absolute atomic E-state index is 12.8. The molecule has 5 nitrogen and oxygen atoms in total. The van der Waals surface area contributed by atoms with Crippen molar-refractivity contribution in [1.29, 1.82) is 0 Å². The summed E-state index contributed by atoms with van der Waals surface area (Å²) < 4.78 is 17.1. The van der Waals surface area contributed by atoms with E-state index in [1.54, 1.807) is 24.3 Å². The standard InChI is InChI=1S/C16H14FNO4/c1-22-16(21)15(20)9-14(19)13-7-6-12(18-13)8-10-2-4-11(17)5-3-10/h2-7,9,18-19H,8H2,1H3. The fourth-order valence-corrected chi connectivity index (χ4v) is 1.88. The molecule has 0 saturated heterocycles. The van der Waals surface area contributed by atoms with Crippen molar-refractivity contribution >= 4 is 17.5 Å². The van der Waals surface area contributed by atoms with Crippen molar-refractivity contribution in [3.63, 3.8) is 0 Å². The van der Waals surface area contributed by atoms with E-state index in [1.807, 2.05) is 0 Å². The fraction of sp³-hybridized carbons (Fsp3) is 0.125. The highest BCUT2D eigenvalue weighted by Gasteiger charge is 2.13. The second-order valence-corrected chi connectivity index (χ2v) is 4.59. The molecule has 1 heterocycles. The van der Waals surface area contributed by atoms with E-state index in [2.05, 4.69) is 9.72 Å². The van der Waals surface area contributed by atoms with Crippen molar-refractivity contribution in [2.75, 3.05) is 7.11 Å². The predicted octanol–water partition coefficient (Wildman–Crippen LogP) is 2.39. The number of aromatic nitrogens is 1. The first-order chi connectivity index (χ1) is 10.5. The molecule has 2 rings (SSSR count). The van der Waals surface area contributed by atoms with Gasteiger partial charge >= 0.3 is 5.97 Å². The summed E-state index contributed by atoms with van der Waals surface area (Å²) in [5.74, 6) is -2.67. The van der Waals surface area contributed by atoms with Gasteiger partial charge in [0.25, 0.3) is 5.78 Å². The predicted molar refractivity (Wildman–Crippen MR) is 77.6 cm³/mol. The highest BCUT2D eigenvalue weighted by Crippen LogP contribution is 2.14. The van der Waals surface area contributed by atoms with Crippen molar-refractivity contribution < 1.29 is 23.8 Å².